The maximum absolute atomic E-state index is 12.5. The highest BCUT2D eigenvalue weighted by molar-refractivity contribution is 7.99. The number of nitriles is 1. The Balaban J connectivity index is 1.96. The first-order valence-corrected chi connectivity index (χ1v) is 10.2. The summed E-state index contributed by atoms with van der Waals surface area (Å²) in [5.74, 6) is 0.825. The fourth-order valence-corrected chi connectivity index (χ4v) is 3.69. The lowest BCUT2D eigenvalue weighted by Crippen LogP contribution is -2.44. The minimum absolute atomic E-state index is 0.115. The van der Waals surface area contributed by atoms with E-state index in [2.05, 4.69) is 18.2 Å². The summed E-state index contributed by atoms with van der Waals surface area (Å²) in [6.07, 6.45) is 0. The molecule has 0 bridgehead atoms. The van der Waals surface area contributed by atoms with Crippen LogP contribution >= 0.6 is 11.8 Å². The van der Waals surface area contributed by atoms with Crippen LogP contribution in [0.3, 0.4) is 0 Å². The van der Waals surface area contributed by atoms with Crippen LogP contribution in [0.5, 0.6) is 5.75 Å². The molecule has 0 N–H and O–H groups in total. The Morgan fingerprint density at radius 3 is 2.59 bits per heavy atom. The third kappa shape index (κ3) is 4.52. The molecule has 0 saturated carbocycles. The van der Waals surface area contributed by atoms with Crippen molar-refractivity contribution in [2.24, 2.45) is 0 Å². The first-order chi connectivity index (χ1) is 13.9. The van der Waals surface area contributed by atoms with Crippen LogP contribution in [0.4, 0.5) is 0 Å². The largest absolute Gasteiger partial charge is 0.497 e. The molecule has 0 aliphatic heterocycles. The molecule has 6 heteroatoms. The van der Waals surface area contributed by atoms with Gasteiger partial charge in [0.1, 0.15) is 11.3 Å². The van der Waals surface area contributed by atoms with E-state index in [1.54, 1.807) is 28.0 Å². The van der Waals surface area contributed by atoms with Gasteiger partial charge in [-0.1, -0.05) is 42.1 Å². The van der Waals surface area contributed by atoms with Gasteiger partial charge in [-0.15, -0.1) is 0 Å². The van der Waals surface area contributed by atoms with Gasteiger partial charge in [-0.05, 0) is 43.2 Å². The molecule has 5 nitrogen and oxygen atoms in total. The number of nitrogens with zero attached hydrogens (tertiary/aromatic N) is 3. The molecule has 148 valence electrons. The molecule has 0 fully saturated rings. The topological polar surface area (TPSA) is 66.2 Å². The summed E-state index contributed by atoms with van der Waals surface area (Å²) in [5.41, 5.74) is 2.10. The number of ether oxygens (including phenoxy) is 1. The van der Waals surface area contributed by atoms with Crippen LogP contribution < -0.4 is 4.74 Å². The maximum Gasteiger partial charge on any atom is 0.233 e. The predicted molar refractivity (Wildman–Crippen MR) is 117 cm³/mol. The first-order valence-electron chi connectivity index (χ1n) is 9.20. The molecule has 0 aliphatic carbocycles. The molecule has 0 saturated heterocycles. The van der Waals surface area contributed by atoms with Crippen LogP contribution in [-0.2, 0) is 4.79 Å². The van der Waals surface area contributed by atoms with Crippen LogP contribution in [-0.4, -0.2) is 41.2 Å². The van der Waals surface area contributed by atoms with Crippen molar-refractivity contribution in [3.8, 4) is 22.9 Å². The summed E-state index contributed by atoms with van der Waals surface area (Å²) >= 11 is 1.37. The minimum Gasteiger partial charge on any atom is -0.497 e. The quantitative estimate of drug-likeness (QED) is 0.553. The Labute approximate surface area is 175 Å². The smallest absolute Gasteiger partial charge is 0.233 e. The van der Waals surface area contributed by atoms with E-state index < -0.39 is 5.54 Å². The lowest BCUT2D eigenvalue weighted by Gasteiger charge is -2.29. The van der Waals surface area contributed by atoms with E-state index in [1.165, 1.54) is 16.7 Å². The number of benzene rings is 2. The molecule has 1 heterocycles. The summed E-state index contributed by atoms with van der Waals surface area (Å²) in [5, 5.41) is 11.0. The third-order valence-corrected chi connectivity index (χ3v) is 5.80. The third-order valence-electron chi connectivity index (χ3n) is 4.91. The molecule has 0 atom stereocenters. The van der Waals surface area contributed by atoms with E-state index in [1.807, 2.05) is 42.5 Å². The van der Waals surface area contributed by atoms with Gasteiger partial charge in [-0.3, -0.25) is 4.79 Å². The molecular weight excluding hydrogens is 382 g/mol. The predicted octanol–water partition coefficient (Wildman–Crippen LogP) is 4.76. The van der Waals surface area contributed by atoms with E-state index in [0.29, 0.717) is 0 Å². The minimum atomic E-state index is -0.850. The Kier molecular flexibility index (Phi) is 6.09. The molecular formula is C23H23N3O2S. The molecule has 29 heavy (non-hydrogen) atoms. The molecule has 0 radical (unpaired) electrons. The maximum atomic E-state index is 12.5. The Hall–Kier alpha value is -3.04. The monoisotopic (exact) mass is 405 g/mol. The van der Waals surface area contributed by atoms with Crippen LogP contribution in [0.25, 0.3) is 22.0 Å². The number of aromatic nitrogens is 1. The average Bonchev–Trinajstić information content (AvgIpc) is 2.76. The van der Waals surface area contributed by atoms with Crippen molar-refractivity contribution < 1.29 is 9.53 Å². The van der Waals surface area contributed by atoms with Crippen LogP contribution in [0.15, 0.2) is 59.6 Å². The van der Waals surface area contributed by atoms with E-state index in [0.717, 1.165) is 32.8 Å². The lowest BCUT2D eigenvalue weighted by atomic mass is 10.0. The molecule has 1 aromatic heterocycles. The fourth-order valence-electron chi connectivity index (χ4n) is 2.86. The van der Waals surface area contributed by atoms with Crippen molar-refractivity contribution in [2.45, 2.75) is 24.4 Å². The van der Waals surface area contributed by atoms with Gasteiger partial charge >= 0.3 is 0 Å². The second-order valence-corrected chi connectivity index (χ2v) is 8.17. The van der Waals surface area contributed by atoms with Gasteiger partial charge in [0.25, 0.3) is 0 Å². The number of fused-ring (bicyclic) bond motifs is 1. The number of rotatable bonds is 6. The average molecular weight is 406 g/mol. The van der Waals surface area contributed by atoms with Crippen molar-refractivity contribution in [3.05, 3.63) is 54.6 Å². The fraction of sp³-hybridized carbons (Fsp3) is 0.261. The second-order valence-electron chi connectivity index (χ2n) is 7.17. The second kappa shape index (κ2) is 8.54. The summed E-state index contributed by atoms with van der Waals surface area (Å²) in [6, 6.07) is 20.1. The van der Waals surface area contributed by atoms with E-state index in [-0.39, 0.29) is 11.7 Å². The molecule has 3 rings (SSSR count). The van der Waals surface area contributed by atoms with Crippen molar-refractivity contribution in [2.75, 3.05) is 19.9 Å². The molecule has 3 aromatic rings. The molecule has 1 amide bonds. The zero-order valence-electron chi connectivity index (χ0n) is 17.0. The van der Waals surface area contributed by atoms with E-state index >= 15 is 0 Å². The van der Waals surface area contributed by atoms with Crippen molar-refractivity contribution in [3.63, 3.8) is 0 Å². The standard InChI is InChI=1S/C23H23N3O2S/c1-23(2,15-24)26(3)22(27)14-29-21-13-19(16-8-6-5-7-9-16)18-11-10-17(28-4)12-20(18)25-21/h5-13H,14H2,1-4H3. The zero-order chi connectivity index (χ0) is 21.0. The van der Waals surface area contributed by atoms with Crippen molar-refractivity contribution >= 4 is 28.6 Å². The number of thioether (sulfide) groups is 1. The van der Waals surface area contributed by atoms with E-state index in [4.69, 9.17) is 9.72 Å². The number of hydrogen-bond acceptors (Lipinski definition) is 5. The van der Waals surface area contributed by atoms with Gasteiger partial charge < -0.3 is 9.64 Å². The molecule has 0 aliphatic rings. The summed E-state index contributed by atoms with van der Waals surface area (Å²) in [7, 11) is 3.28. The van der Waals surface area contributed by atoms with Gasteiger partial charge in [0.05, 0.1) is 29.5 Å². The molecule has 0 unspecified atom stereocenters. The number of carbonyl (C=O) groups excluding carboxylic acids is 1. The Bertz CT molecular complexity index is 1070. The number of hydrogen-bond donors (Lipinski definition) is 0. The van der Waals surface area contributed by atoms with Crippen molar-refractivity contribution in [1.29, 1.82) is 5.26 Å². The van der Waals surface area contributed by atoms with Gasteiger partial charge in [0.2, 0.25) is 5.91 Å². The van der Waals surface area contributed by atoms with E-state index in [9.17, 15) is 10.1 Å². The Morgan fingerprint density at radius 2 is 1.93 bits per heavy atom. The van der Waals surface area contributed by atoms with Gasteiger partial charge in [-0.2, -0.15) is 5.26 Å². The van der Waals surface area contributed by atoms with Gasteiger partial charge in [0.15, 0.2) is 0 Å². The van der Waals surface area contributed by atoms with Crippen LogP contribution in [0.1, 0.15) is 13.8 Å². The first kappa shape index (κ1) is 20.7. The van der Waals surface area contributed by atoms with Gasteiger partial charge in [-0.25, -0.2) is 4.98 Å². The number of amides is 1. The number of pyridine rings is 1. The number of methoxy groups -OCH3 is 1. The number of carbonyl (C=O) groups is 1. The summed E-state index contributed by atoms with van der Waals surface area (Å²) < 4.78 is 5.35. The normalized spacial score (nSPS) is 11.1. The highest BCUT2D eigenvalue weighted by atomic mass is 32.2. The molecule has 2 aromatic carbocycles. The Morgan fingerprint density at radius 1 is 1.21 bits per heavy atom. The van der Waals surface area contributed by atoms with Gasteiger partial charge in [0, 0.05) is 18.5 Å². The van der Waals surface area contributed by atoms with Crippen LogP contribution in [0, 0.1) is 11.3 Å². The lowest BCUT2D eigenvalue weighted by molar-refractivity contribution is -0.130. The van der Waals surface area contributed by atoms with Crippen LogP contribution in [0.2, 0.25) is 0 Å². The summed E-state index contributed by atoms with van der Waals surface area (Å²) in [6.45, 7) is 3.45. The SMILES string of the molecule is COc1ccc2c(-c3ccccc3)cc(SCC(=O)N(C)C(C)(C)C#N)nc2c1. The molecule has 0 spiro atoms. The summed E-state index contributed by atoms with van der Waals surface area (Å²) in [4.78, 5) is 18.8. The highest BCUT2D eigenvalue weighted by Crippen LogP contribution is 2.33. The van der Waals surface area contributed by atoms with Crippen molar-refractivity contribution in [1.82, 2.24) is 9.88 Å². The zero-order valence-corrected chi connectivity index (χ0v) is 17.8. The highest BCUT2D eigenvalue weighted by Gasteiger charge is 2.27.